The Labute approximate surface area is 82.0 Å². The molecule has 2 saturated heterocycles. The lowest BCUT2D eigenvalue weighted by Gasteiger charge is -1.88. The fourth-order valence-electron chi connectivity index (χ4n) is 1.08. The van der Waals surface area contributed by atoms with Crippen LogP contribution < -0.4 is 0 Å². The van der Waals surface area contributed by atoms with Gasteiger partial charge in [-0.1, -0.05) is 6.92 Å². The van der Waals surface area contributed by atoms with Gasteiger partial charge in [0.05, 0.1) is 19.1 Å². The second-order valence-corrected chi connectivity index (χ2v) is 3.33. The number of hydrogen-bond donors (Lipinski definition) is 1. The molecular weight excluding hydrogens is 188 g/mol. The molecule has 2 unspecified atom stereocenters. The van der Waals surface area contributed by atoms with Crippen LogP contribution in [0.15, 0.2) is 0 Å². The average molecular weight is 202 g/mol. The van der Waals surface area contributed by atoms with E-state index in [2.05, 4.69) is 9.47 Å². The Hall–Kier alpha value is -1.10. The van der Waals surface area contributed by atoms with E-state index in [1.54, 1.807) is 0 Å². The van der Waals surface area contributed by atoms with Crippen molar-refractivity contribution < 1.29 is 24.2 Å². The lowest BCUT2D eigenvalue weighted by molar-refractivity contribution is -0.144. The standard InChI is InChI=1S/C5H8O2.C4H6O3/c1-4-2-3-7-5(4)6;5-3-1-2-7-4(3)6/h4H,2-3H2,1H3;3,5H,1-2H2. The first-order chi connectivity index (χ1) is 6.61. The third-order valence-corrected chi connectivity index (χ3v) is 2.11. The summed E-state index contributed by atoms with van der Waals surface area (Å²) in [5, 5.41) is 8.52. The molecule has 0 aromatic carbocycles. The van der Waals surface area contributed by atoms with Crippen LogP contribution in [0, 0.1) is 5.92 Å². The van der Waals surface area contributed by atoms with Gasteiger partial charge in [-0.05, 0) is 6.42 Å². The van der Waals surface area contributed by atoms with Crippen LogP contribution in [0.4, 0.5) is 0 Å². The van der Waals surface area contributed by atoms with E-state index in [4.69, 9.17) is 5.11 Å². The fourth-order valence-corrected chi connectivity index (χ4v) is 1.08. The van der Waals surface area contributed by atoms with E-state index >= 15 is 0 Å². The minimum absolute atomic E-state index is 0.0417. The molecule has 14 heavy (non-hydrogen) atoms. The summed E-state index contributed by atoms with van der Waals surface area (Å²) >= 11 is 0. The Bertz CT molecular complexity index is 201. The summed E-state index contributed by atoms with van der Waals surface area (Å²) in [5.74, 6) is -0.375. The highest BCUT2D eigenvalue weighted by Gasteiger charge is 2.22. The second kappa shape index (κ2) is 4.95. The van der Waals surface area contributed by atoms with Crippen molar-refractivity contribution in [2.24, 2.45) is 5.92 Å². The van der Waals surface area contributed by atoms with E-state index in [9.17, 15) is 9.59 Å². The molecule has 2 fully saturated rings. The lowest BCUT2D eigenvalue weighted by atomic mass is 10.2. The zero-order valence-electron chi connectivity index (χ0n) is 8.06. The van der Waals surface area contributed by atoms with Crippen LogP contribution >= 0.6 is 0 Å². The van der Waals surface area contributed by atoms with Gasteiger partial charge >= 0.3 is 11.9 Å². The Morgan fingerprint density at radius 3 is 1.86 bits per heavy atom. The largest absolute Gasteiger partial charge is 0.465 e. The number of esters is 2. The quantitative estimate of drug-likeness (QED) is 0.554. The molecule has 0 aromatic rings. The predicted molar refractivity (Wildman–Crippen MR) is 46.3 cm³/mol. The molecule has 2 aliphatic heterocycles. The third kappa shape index (κ3) is 2.99. The SMILES string of the molecule is CC1CCOC1=O.O=C1OCCC1O. The van der Waals surface area contributed by atoms with Gasteiger partial charge in [-0.3, -0.25) is 4.79 Å². The van der Waals surface area contributed by atoms with Crippen LogP contribution in [-0.2, 0) is 19.1 Å². The number of aliphatic hydroxyl groups is 1. The monoisotopic (exact) mass is 202 g/mol. The second-order valence-electron chi connectivity index (χ2n) is 3.33. The molecule has 1 N–H and O–H groups in total. The van der Waals surface area contributed by atoms with Crippen molar-refractivity contribution in [2.75, 3.05) is 13.2 Å². The molecule has 0 amide bonds. The molecule has 2 heterocycles. The number of aliphatic hydroxyl groups excluding tert-OH is 1. The summed E-state index contributed by atoms with van der Waals surface area (Å²) < 4.78 is 9.00. The van der Waals surface area contributed by atoms with E-state index < -0.39 is 12.1 Å². The van der Waals surface area contributed by atoms with E-state index in [0.29, 0.717) is 19.6 Å². The first kappa shape index (κ1) is 11.0. The Balaban J connectivity index is 0.000000140. The van der Waals surface area contributed by atoms with E-state index in [1.165, 1.54) is 0 Å². The molecule has 0 aromatic heterocycles. The minimum Gasteiger partial charge on any atom is -0.465 e. The van der Waals surface area contributed by atoms with Crippen molar-refractivity contribution in [1.82, 2.24) is 0 Å². The van der Waals surface area contributed by atoms with Crippen LogP contribution in [-0.4, -0.2) is 36.4 Å². The van der Waals surface area contributed by atoms with E-state index in [-0.39, 0.29) is 11.9 Å². The average Bonchev–Trinajstić information content (AvgIpc) is 2.67. The van der Waals surface area contributed by atoms with Gasteiger partial charge in [0.1, 0.15) is 0 Å². The molecule has 80 valence electrons. The van der Waals surface area contributed by atoms with Gasteiger partial charge < -0.3 is 14.6 Å². The van der Waals surface area contributed by atoms with Crippen molar-refractivity contribution >= 4 is 11.9 Å². The van der Waals surface area contributed by atoms with Gasteiger partial charge in [0.2, 0.25) is 0 Å². The lowest BCUT2D eigenvalue weighted by Crippen LogP contribution is -2.11. The fraction of sp³-hybridized carbons (Fsp3) is 0.778. The summed E-state index contributed by atoms with van der Waals surface area (Å²) in [6.07, 6.45) is 0.512. The molecule has 0 radical (unpaired) electrons. The van der Waals surface area contributed by atoms with Crippen LogP contribution in [0.5, 0.6) is 0 Å². The smallest absolute Gasteiger partial charge is 0.335 e. The van der Waals surface area contributed by atoms with E-state index in [0.717, 1.165) is 6.42 Å². The van der Waals surface area contributed by atoms with Crippen LogP contribution in [0.1, 0.15) is 19.8 Å². The molecule has 5 nitrogen and oxygen atoms in total. The van der Waals surface area contributed by atoms with Crippen molar-refractivity contribution in [1.29, 1.82) is 0 Å². The van der Waals surface area contributed by atoms with Crippen LogP contribution in [0.25, 0.3) is 0 Å². The van der Waals surface area contributed by atoms with Crippen molar-refractivity contribution in [3.63, 3.8) is 0 Å². The zero-order valence-corrected chi connectivity index (χ0v) is 8.06. The summed E-state index contributed by atoms with van der Waals surface area (Å²) in [7, 11) is 0. The maximum absolute atomic E-state index is 10.4. The summed E-state index contributed by atoms with van der Waals surface area (Å²) in [6.45, 7) is 2.88. The molecule has 2 atom stereocenters. The van der Waals surface area contributed by atoms with Gasteiger partial charge in [0, 0.05) is 6.42 Å². The molecule has 0 spiro atoms. The summed E-state index contributed by atoms with van der Waals surface area (Å²) in [4.78, 5) is 20.5. The Kier molecular flexibility index (Phi) is 3.88. The third-order valence-electron chi connectivity index (χ3n) is 2.11. The van der Waals surface area contributed by atoms with Crippen molar-refractivity contribution in [2.45, 2.75) is 25.9 Å². The highest BCUT2D eigenvalue weighted by Crippen LogP contribution is 2.11. The molecule has 0 bridgehead atoms. The molecule has 2 rings (SSSR count). The van der Waals surface area contributed by atoms with Gasteiger partial charge in [-0.2, -0.15) is 0 Å². The Morgan fingerprint density at radius 1 is 1.14 bits per heavy atom. The highest BCUT2D eigenvalue weighted by molar-refractivity contribution is 5.75. The topological polar surface area (TPSA) is 72.8 Å². The Morgan fingerprint density at radius 2 is 1.71 bits per heavy atom. The van der Waals surface area contributed by atoms with Gasteiger partial charge in [0.25, 0.3) is 0 Å². The number of ether oxygens (including phenoxy) is 2. The molecule has 5 heteroatoms. The first-order valence-corrected chi connectivity index (χ1v) is 4.62. The molecular formula is C9H14O5. The maximum atomic E-state index is 10.4. The normalized spacial score (nSPS) is 30.4. The number of rotatable bonds is 0. The summed E-state index contributed by atoms with van der Waals surface area (Å²) in [6, 6.07) is 0. The van der Waals surface area contributed by atoms with Gasteiger partial charge in [-0.15, -0.1) is 0 Å². The number of cyclic esters (lactones) is 2. The zero-order chi connectivity index (χ0) is 10.6. The van der Waals surface area contributed by atoms with Gasteiger partial charge in [0.15, 0.2) is 6.10 Å². The number of carbonyl (C=O) groups excluding carboxylic acids is 2. The van der Waals surface area contributed by atoms with Crippen LogP contribution in [0.2, 0.25) is 0 Å². The number of hydrogen-bond acceptors (Lipinski definition) is 5. The molecule has 0 aliphatic carbocycles. The predicted octanol–water partition coefficient (Wildman–Crippen LogP) is -0.136. The molecule has 2 aliphatic rings. The number of carbonyl (C=O) groups is 2. The highest BCUT2D eigenvalue weighted by atomic mass is 16.6. The first-order valence-electron chi connectivity index (χ1n) is 4.62. The minimum atomic E-state index is -0.847. The van der Waals surface area contributed by atoms with E-state index in [1.807, 2.05) is 6.92 Å². The van der Waals surface area contributed by atoms with Crippen LogP contribution in [0.3, 0.4) is 0 Å². The van der Waals surface area contributed by atoms with Crippen molar-refractivity contribution in [3.05, 3.63) is 0 Å². The summed E-state index contributed by atoms with van der Waals surface area (Å²) in [5.41, 5.74) is 0. The molecule has 0 saturated carbocycles. The van der Waals surface area contributed by atoms with Crippen molar-refractivity contribution in [3.8, 4) is 0 Å². The maximum Gasteiger partial charge on any atom is 0.335 e. The van der Waals surface area contributed by atoms with Gasteiger partial charge in [-0.25, -0.2) is 4.79 Å².